The van der Waals surface area contributed by atoms with Crippen LogP contribution >= 0.6 is 12.2 Å². The first-order valence-corrected chi connectivity index (χ1v) is 12.1. The molecule has 0 radical (unpaired) electrons. The summed E-state index contributed by atoms with van der Waals surface area (Å²) in [6.07, 6.45) is 3.52. The Morgan fingerprint density at radius 2 is 1.89 bits per heavy atom. The molecule has 5 rings (SSSR count). The Morgan fingerprint density at radius 1 is 1.11 bits per heavy atom. The number of hydrogen-bond acceptors (Lipinski definition) is 6. The number of anilines is 1. The molecule has 0 saturated carbocycles. The van der Waals surface area contributed by atoms with Gasteiger partial charge in [0.05, 0.1) is 18.7 Å². The molecular weight excluding hydrogens is 476 g/mol. The van der Waals surface area contributed by atoms with Crippen molar-refractivity contribution >= 4 is 33.9 Å². The fourth-order valence-corrected chi connectivity index (χ4v) is 4.27. The number of aromatic amines is 1. The second kappa shape index (κ2) is 10.7. The van der Waals surface area contributed by atoms with Gasteiger partial charge >= 0.3 is 0 Å². The minimum absolute atomic E-state index is 0.181. The number of ether oxygens (including phenoxy) is 3. The molecule has 2 aromatic carbocycles. The molecule has 0 fully saturated rings. The Balaban J connectivity index is 1.42. The van der Waals surface area contributed by atoms with E-state index in [0.717, 1.165) is 22.4 Å². The average molecular weight is 503 g/mol. The Morgan fingerprint density at radius 3 is 2.61 bits per heavy atom. The monoisotopic (exact) mass is 502 g/mol. The lowest BCUT2D eigenvalue weighted by molar-refractivity contribution is 0.172. The molecule has 9 heteroatoms. The third-order valence-electron chi connectivity index (χ3n) is 5.75. The van der Waals surface area contributed by atoms with Gasteiger partial charge in [-0.3, -0.25) is 9.78 Å². The molecule has 4 aromatic rings. The van der Waals surface area contributed by atoms with Crippen molar-refractivity contribution in [1.29, 1.82) is 0 Å². The second-order valence-corrected chi connectivity index (χ2v) is 8.70. The van der Waals surface area contributed by atoms with Crippen LogP contribution in [0.25, 0.3) is 10.9 Å². The van der Waals surface area contributed by atoms with Crippen molar-refractivity contribution in [3.8, 4) is 17.2 Å². The van der Waals surface area contributed by atoms with E-state index in [2.05, 4.69) is 15.3 Å². The molecule has 3 heterocycles. The predicted molar refractivity (Wildman–Crippen MR) is 143 cm³/mol. The number of hydrogen-bond donors (Lipinski definition) is 2. The van der Waals surface area contributed by atoms with Crippen molar-refractivity contribution in [2.45, 2.75) is 20.0 Å². The zero-order valence-corrected chi connectivity index (χ0v) is 20.6. The maximum atomic E-state index is 13.0. The van der Waals surface area contributed by atoms with Crippen molar-refractivity contribution < 1.29 is 14.2 Å². The number of nitrogens with zero attached hydrogens (tertiary/aromatic N) is 2. The van der Waals surface area contributed by atoms with E-state index in [1.54, 1.807) is 18.5 Å². The lowest BCUT2D eigenvalue weighted by Gasteiger charge is -2.26. The maximum Gasteiger partial charge on any atom is 0.253 e. The lowest BCUT2D eigenvalue weighted by atomic mass is 10.1. The molecule has 0 saturated heterocycles. The van der Waals surface area contributed by atoms with Gasteiger partial charge in [0.2, 0.25) is 0 Å². The summed E-state index contributed by atoms with van der Waals surface area (Å²) < 4.78 is 16.9. The third kappa shape index (κ3) is 5.41. The molecule has 0 atom stereocenters. The number of nitrogens with one attached hydrogen (secondary N) is 2. The van der Waals surface area contributed by atoms with Gasteiger partial charge in [0.1, 0.15) is 19.0 Å². The molecule has 0 bridgehead atoms. The Labute approximate surface area is 213 Å². The molecule has 2 N–H and O–H groups in total. The zero-order chi connectivity index (χ0) is 24.9. The van der Waals surface area contributed by atoms with Gasteiger partial charge < -0.3 is 29.4 Å². The van der Waals surface area contributed by atoms with Gasteiger partial charge in [-0.25, -0.2) is 0 Å². The molecule has 0 spiro atoms. The number of thiocarbonyl (C=S) groups is 1. The fourth-order valence-electron chi connectivity index (χ4n) is 4.03. The van der Waals surface area contributed by atoms with E-state index < -0.39 is 0 Å². The van der Waals surface area contributed by atoms with E-state index in [1.165, 1.54) is 0 Å². The van der Waals surface area contributed by atoms with Crippen LogP contribution in [0, 0.1) is 0 Å². The fraction of sp³-hybridized carbons (Fsp3) is 0.222. The van der Waals surface area contributed by atoms with Crippen LogP contribution in [0.4, 0.5) is 5.69 Å². The number of rotatable bonds is 7. The van der Waals surface area contributed by atoms with E-state index in [1.807, 2.05) is 60.4 Å². The Bertz CT molecular complexity index is 1420. The number of benzene rings is 2. The van der Waals surface area contributed by atoms with Gasteiger partial charge in [-0.05, 0) is 67.2 Å². The third-order valence-corrected chi connectivity index (χ3v) is 6.11. The highest BCUT2D eigenvalue weighted by atomic mass is 32.1. The zero-order valence-electron chi connectivity index (χ0n) is 19.8. The second-order valence-electron chi connectivity index (χ2n) is 8.31. The van der Waals surface area contributed by atoms with Gasteiger partial charge in [-0.2, -0.15) is 0 Å². The van der Waals surface area contributed by atoms with Crippen LogP contribution in [0.1, 0.15) is 18.1 Å². The van der Waals surface area contributed by atoms with Gasteiger partial charge in [-0.1, -0.05) is 6.07 Å². The molecular formula is C27H26N4O4S. The summed E-state index contributed by atoms with van der Waals surface area (Å²) in [5.74, 6) is 2.10. The average Bonchev–Trinajstić information content (AvgIpc) is 2.89. The van der Waals surface area contributed by atoms with Crippen LogP contribution in [0.5, 0.6) is 17.2 Å². The summed E-state index contributed by atoms with van der Waals surface area (Å²) >= 11 is 5.77. The molecule has 36 heavy (non-hydrogen) atoms. The molecule has 0 unspecified atom stereocenters. The summed E-state index contributed by atoms with van der Waals surface area (Å²) in [5.41, 5.74) is 2.90. The van der Waals surface area contributed by atoms with Gasteiger partial charge in [-0.15, -0.1) is 0 Å². The SMILES string of the molecule is CCOc1ccc(NC(=S)N(Cc2cccnc2)Cc2cc3cc4c(cc3[nH]c2=O)OCCO4)cc1. The number of H-pyrrole nitrogens is 1. The van der Waals surface area contributed by atoms with E-state index in [0.29, 0.717) is 60.6 Å². The van der Waals surface area contributed by atoms with Crippen LogP contribution in [0.2, 0.25) is 0 Å². The number of fused-ring (bicyclic) bond motifs is 2. The quantitative estimate of drug-likeness (QED) is 0.358. The summed E-state index contributed by atoms with van der Waals surface area (Å²) in [4.78, 5) is 22.2. The lowest BCUT2D eigenvalue weighted by Crippen LogP contribution is -2.35. The first-order chi connectivity index (χ1) is 17.6. The van der Waals surface area contributed by atoms with Crippen LogP contribution in [-0.4, -0.2) is 39.8 Å². The smallest absolute Gasteiger partial charge is 0.253 e. The highest BCUT2D eigenvalue weighted by Crippen LogP contribution is 2.33. The summed E-state index contributed by atoms with van der Waals surface area (Å²) in [7, 11) is 0. The van der Waals surface area contributed by atoms with E-state index >= 15 is 0 Å². The van der Waals surface area contributed by atoms with E-state index in [9.17, 15) is 4.79 Å². The Kier molecular flexibility index (Phi) is 6.99. The highest BCUT2D eigenvalue weighted by molar-refractivity contribution is 7.80. The van der Waals surface area contributed by atoms with Crippen molar-refractivity contribution in [2.24, 2.45) is 0 Å². The van der Waals surface area contributed by atoms with Crippen LogP contribution in [0.15, 0.2) is 71.8 Å². The highest BCUT2D eigenvalue weighted by Gasteiger charge is 2.17. The van der Waals surface area contributed by atoms with Crippen molar-refractivity contribution in [3.05, 3.63) is 88.5 Å². The van der Waals surface area contributed by atoms with Gasteiger partial charge in [0.25, 0.3) is 5.56 Å². The predicted octanol–water partition coefficient (Wildman–Crippen LogP) is 4.49. The minimum Gasteiger partial charge on any atom is -0.494 e. The van der Waals surface area contributed by atoms with Crippen LogP contribution in [-0.2, 0) is 13.1 Å². The summed E-state index contributed by atoms with van der Waals surface area (Å²) in [6.45, 7) is 4.32. The van der Waals surface area contributed by atoms with Crippen molar-refractivity contribution in [1.82, 2.24) is 14.9 Å². The molecule has 0 amide bonds. The molecule has 1 aliphatic heterocycles. The molecule has 0 aliphatic carbocycles. The Hall–Kier alpha value is -4.11. The number of pyridine rings is 2. The van der Waals surface area contributed by atoms with Gasteiger partial charge in [0, 0.05) is 41.6 Å². The molecule has 2 aromatic heterocycles. The summed E-state index contributed by atoms with van der Waals surface area (Å²) in [5, 5.41) is 4.63. The standard InChI is InChI=1S/C27H26N4O4S/c1-2-33-22-7-5-21(6-8-22)29-27(36)31(16-18-4-3-9-28-15-18)17-20-12-19-13-24-25(35-11-10-34-24)14-23(19)30-26(20)32/h3-9,12-15H,2,10-11,16-17H2,1H3,(H,29,36)(H,30,32). The van der Waals surface area contributed by atoms with E-state index in [-0.39, 0.29) is 5.56 Å². The molecule has 184 valence electrons. The minimum atomic E-state index is -0.181. The normalized spacial score (nSPS) is 12.2. The largest absolute Gasteiger partial charge is 0.494 e. The van der Waals surface area contributed by atoms with Crippen LogP contribution in [0.3, 0.4) is 0 Å². The van der Waals surface area contributed by atoms with Crippen molar-refractivity contribution in [3.63, 3.8) is 0 Å². The molecule has 8 nitrogen and oxygen atoms in total. The van der Waals surface area contributed by atoms with E-state index in [4.69, 9.17) is 26.4 Å². The van der Waals surface area contributed by atoms with Crippen LogP contribution < -0.4 is 25.1 Å². The number of aromatic nitrogens is 2. The first kappa shape index (κ1) is 23.6. The van der Waals surface area contributed by atoms with Gasteiger partial charge in [0.15, 0.2) is 16.6 Å². The topological polar surface area (TPSA) is 88.7 Å². The molecule has 1 aliphatic rings. The van der Waals surface area contributed by atoms with Crippen molar-refractivity contribution in [2.75, 3.05) is 25.1 Å². The first-order valence-electron chi connectivity index (χ1n) is 11.7. The summed E-state index contributed by atoms with van der Waals surface area (Å²) in [6, 6.07) is 17.0. The maximum absolute atomic E-state index is 13.0.